The number of hydrogen-bond donors (Lipinski definition) is 2. The molecule has 2 aliphatic rings. The fourth-order valence-corrected chi connectivity index (χ4v) is 3.43. The topological polar surface area (TPSA) is 52.6 Å². The zero-order valence-electron chi connectivity index (χ0n) is 12.3. The summed E-state index contributed by atoms with van der Waals surface area (Å²) < 4.78 is 0. The quantitative estimate of drug-likeness (QED) is 0.807. The minimum Gasteiger partial charge on any atom is -0.396 e. The number of carbonyl (C=O) groups excluding carboxylic acids is 1. The molecule has 1 saturated carbocycles. The molecule has 4 heteroatoms. The molecular weight excluding hydrogens is 240 g/mol. The number of amides is 2. The molecule has 2 rings (SSSR count). The average Bonchev–Trinajstić information content (AvgIpc) is 2.44. The van der Waals surface area contributed by atoms with Crippen molar-refractivity contribution < 1.29 is 9.90 Å². The standard InChI is InChI=1S/C15H28N2O2/c1-11-5-3-7-14(12(11)2)16-15(19)17-8-4-6-13(9-17)10-18/h11-14,18H,3-10H2,1-2H3,(H,16,19)/t11-,12+,13+,14+/m1/s1. The van der Waals surface area contributed by atoms with Crippen molar-refractivity contribution in [1.82, 2.24) is 10.2 Å². The Hall–Kier alpha value is -0.770. The Labute approximate surface area is 116 Å². The SMILES string of the molecule is C[C@H]1[C@H](C)CCC[C@@H]1NC(=O)N1CCC[C@H](CO)C1. The fourth-order valence-electron chi connectivity index (χ4n) is 3.43. The molecule has 2 fully saturated rings. The van der Waals surface area contributed by atoms with Crippen molar-refractivity contribution in [2.45, 2.75) is 52.0 Å². The third-order valence-corrected chi connectivity index (χ3v) is 5.08. The fraction of sp³-hybridized carbons (Fsp3) is 0.933. The van der Waals surface area contributed by atoms with Gasteiger partial charge < -0.3 is 15.3 Å². The Morgan fingerprint density at radius 2 is 2.05 bits per heavy atom. The van der Waals surface area contributed by atoms with E-state index in [1.807, 2.05) is 4.90 Å². The number of piperidine rings is 1. The number of hydrogen-bond acceptors (Lipinski definition) is 2. The van der Waals surface area contributed by atoms with Gasteiger partial charge in [0, 0.05) is 25.7 Å². The molecule has 1 aliphatic heterocycles. The smallest absolute Gasteiger partial charge is 0.317 e. The zero-order chi connectivity index (χ0) is 13.8. The summed E-state index contributed by atoms with van der Waals surface area (Å²) in [5.74, 6) is 1.53. The van der Waals surface area contributed by atoms with Crippen molar-refractivity contribution >= 4 is 6.03 Å². The molecule has 4 atom stereocenters. The third-order valence-electron chi connectivity index (χ3n) is 5.08. The van der Waals surface area contributed by atoms with Crippen molar-refractivity contribution in [2.24, 2.45) is 17.8 Å². The maximum Gasteiger partial charge on any atom is 0.317 e. The Morgan fingerprint density at radius 1 is 1.26 bits per heavy atom. The van der Waals surface area contributed by atoms with Gasteiger partial charge in [-0.2, -0.15) is 0 Å². The van der Waals surface area contributed by atoms with Crippen molar-refractivity contribution in [2.75, 3.05) is 19.7 Å². The number of aliphatic hydroxyl groups excluding tert-OH is 1. The molecule has 4 nitrogen and oxygen atoms in total. The van der Waals surface area contributed by atoms with Crippen LogP contribution >= 0.6 is 0 Å². The zero-order valence-corrected chi connectivity index (χ0v) is 12.3. The summed E-state index contributed by atoms with van der Waals surface area (Å²) in [6, 6.07) is 0.398. The van der Waals surface area contributed by atoms with Crippen LogP contribution in [0.3, 0.4) is 0 Å². The van der Waals surface area contributed by atoms with Gasteiger partial charge in [-0.1, -0.05) is 26.7 Å². The van der Waals surface area contributed by atoms with Gasteiger partial charge in [0.25, 0.3) is 0 Å². The summed E-state index contributed by atoms with van der Waals surface area (Å²) in [4.78, 5) is 14.2. The lowest BCUT2D eigenvalue weighted by molar-refractivity contribution is 0.121. The Kier molecular flexibility index (Phi) is 5.08. The van der Waals surface area contributed by atoms with Crippen molar-refractivity contribution in [3.8, 4) is 0 Å². The van der Waals surface area contributed by atoms with Crippen LogP contribution in [0, 0.1) is 17.8 Å². The first-order valence-electron chi connectivity index (χ1n) is 7.78. The summed E-state index contributed by atoms with van der Waals surface area (Å²) in [7, 11) is 0. The predicted molar refractivity (Wildman–Crippen MR) is 75.9 cm³/mol. The van der Waals surface area contributed by atoms with Crippen molar-refractivity contribution in [3.63, 3.8) is 0 Å². The highest BCUT2D eigenvalue weighted by Crippen LogP contribution is 2.29. The first-order valence-corrected chi connectivity index (χ1v) is 7.78. The van der Waals surface area contributed by atoms with Crippen LogP contribution in [0.5, 0.6) is 0 Å². The summed E-state index contributed by atoms with van der Waals surface area (Å²) in [6.07, 6.45) is 5.65. The molecule has 0 aromatic carbocycles. The molecule has 19 heavy (non-hydrogen) atoms. The largest absolute Gasteiger partial charge is 0.396 e. The summed E-state index contributed by atoms with van der Waals surface area (Å²) in [6.45, 7) is 6.27. The molecule has 1 aliphatic carbocycles. The van der Waals surface area contributed by atoms with Crippen LogP contribution in [0.4, 0.5) is 4.79 Å². The van der Waals surface area contributed by atoms with Crippen molar-refractivity contribution in [1.29, 1.82) is 0 Å². The van der Waals surface area contributed by atoms with Crippen molar-refractivity contribution in [3.05, 3.63) is 0 Å². The number of urea groups is 1. The Bertz CT molecular complexity index is 309. The monoisotopic (exact) mass is 268 g/mol. The highest BCUT2D eigenvalue weighted by Gasteiger charge is 2.30. The van der Waals surface area contributed by atoms with Gasteiger partial charge in [-0.3, -0.25) is 0 Å². The number of likely N-dealkylation sites (tertiary alicyclic amines) is 1. The molecule has 0 spiro atoms. The van der Waals surface area contributed by atoms with E-state index in [1.54, 1.807) is 0 Å². The van der Waals surface area contributed by atoms with E-state index in [4.69, 9.17) is 0 Å². The second kappa shape index (κ2) is 6.60. The molecule has 1 heterocycles. The second-order valence-electron chi connectivity index (χ2n) is 6.46. The third kappa shape index (κ3) is 3.62. The normalized spacial score (nSPS) is 36.1. The molecule has 2 amide bonds. The minimum absolute atomic E-state index is 0.0732. The van der Waals surface area contributed by atoms with Crippen LogP contribution in [0.1, 0.15) is 46.0 Å². The van der Waals surface area contributed by atoms with E-state index in [-0.39, 0.29) is 18.6 Å². The maximum atomic E-state index is 12.3. The summed E-state index contributed by atoms with van der Waals surface area (Å²) >= 11 is 0. The molecule has 110 valence electrons. The number of carbonyl (C=O) groups is 1. The van der Waals surface area contributed by atoms with Crippen LogP contribution in [-0.2, 0) is 0 Å². The first kappa shape index (κ1) is 14.6. The van der Waals surface area contributed by atoms with E-state index in [1.165, 1.54) is 12.8 Å². The molecule has 0 unspecified atom stereocenters. The van der Waals surface area contributed by atoms with Gasteiger partial charge in [0.2, 0.25) is 0 Å². The molecule has 0 aromatic heterocycles. The molecule has 0 radical (unpaired) electrons. The van der Waals surface area contributed by atoms with Gasteiger partial charge in [-0.25, -0.2) is 4.79 Å². The van der Waals surface area contributed by atoms with E-state index >= 15 is 0 Å². The number of nitrogens with one attached hydrogen (secondary N) is 1. The lowest BCUT2D eigenvalue weighted by Crippen LogP contribution is -2.52. The van der Waals surface area contributed by atoms with Crippen LogP contribution < -0.4 is 5.32 Å². The lowest BCUT2D eigenvalue weighted by atomic mass is 9.78. The van der Waals surface area contributed by atoms with Gasteiger partial charge in [-0.05, 0) is 37.0 Å². The lowest BCUT2D eigenvalue weighted by Gasteiger charge is -2.38. The van der Waals surface area contributed by atoms with Gasteiger partial charge in [0.05, 0.1) is 0 Å². The summed E-state index contributed by atoms with van der Waals surface area (Å²) in [5, 5.41) is 12.4. The number of aliphatic hydroxyl groups is 1. The van der Waals surface area contributed by atoms with Crippen LogP contribution in [0.15, 0.2) is 0 Å². The predicted octanol–water partition coefficient (Wildman–Crippen LogP) is 2.23. The first-order chi connectivity index (χ1) is 9.11. The highest BCUT2D eigenvalue weighted by atomic mass is 16.3. The molecule has 0 aromatic rings. The summed E-state index contributed by atoms with van der Waals surface area (Å²) in [5.41, 5.74) is 0. The Balaban J connectivity index is 1.86. The average molecular weight is 268 g/mol. The van der Waals surface area contributed by atoms with E-state index in [0.717, 1.165) is 25.8 Å². The van der Waals surface area contributed by atoms with E-state index in [2.05, 4.69) is 19.2 Å². The van der Waals surface area contributed by atoms with E-state index in [9.17, 15) is 9.90 Å². The molecular formula is C15H28N2O2. The highest BCUT2D eigenvalue weighted by molar-refractivity contribution is 5.74. The van der Waals surface area contributed by atoms with E-state index in [0.29, 0.717) is 24.4 Å². The maximum absolute atomic E-state index is 12.3. The van der Waals surface area contributed by atoms with Crippen LogP contribution in [0.25, 0.3) is 0 Å². The second-order valence-corrected chi connectivity index (χ2v) is 6.46. The van der Waals surface area contributed by atoms with Gasteiger partial charge in [0.15, 0.2) is 0 Å². The van der Waals surface area contributed by atoms with Gasteiger partial charge in [-0.15, -0.1) is 0 Å². The van der Waals surface area contributed by atoms with Crippen LogP contribution in [-0.4, -0.2) is 41.8 Å². The van der Waals surface area contributed by atoms with Gasteiger partial charge in [0.1, 0.15) is 0 Å². The Morgan fingerprint density at radius 3 is 2.79 bits per heavy atom. The number of rotatable bonds is 2. The molecule has 0 bridgehead atoms. The number of nitrogens with zero attached hydrogens (tertiary/aromatic N) is 1. The van der Waals surface area contributed by atoms with E-state index < -0.39 is 0 Å². The molecule has 2 N–H and O–H groups in total. The van der Waals surface area contributed by atoms with Crippen LogP contribution in [0.2, 0.25) is 0 Å². The molecule has 1 saturated heterocycles. The van der Waals surface area contributed by atoms with Gasteiger partial charge >= 0.3 is 6.03 Å². The minimum atomic E-state index is 0.0732.